The first kappa shape index (κ1) is 16.5. The van der Waals surface area contributed by atoms with E-state index < -0.39 is 0 Å². The monoisotopic (exact) mass is 364 g/mol. The minimum atomic E-state index is -0.373. The molecule has 4 aromatic rings. The van der Waals surface area contributed by atoms with E-state index in [1.54, 1.807) is 18.2 Å². The molecule has 0 bridgehead atoms. The summed E-state index contributed by atoms with van der Waals surface area (Å²) in [6, 6.07) is 18.7. The van der Waals surface area contributed by atoms with Crippen molar-refractivity contribution < 1.29 is 8.81 Å². The van der Waals surface area contributed by atoms with Gasteiger partial charge in [-0.3, -0.25) is 0 Å². The third-order valence-electron chi connectivity index (χ3n) is 4.02. The average Bonchev–Trinajstić information content (AvgIpc) is 3.08. The lowest BCUT2D eigenvalue weighted by atomic mass is 10.1. The van der Waals surface area contributed by atoms with E-state index in [1.165, 1.54) is 22.9 Å². The molecule has 3 aromatic carbocycles. The van der Waals surface area contributed by atoms with Crippen LogP contribution >= 0.6 is 11.6 Å². The van der Waals surface area contributed by atoms with Gasteiger partial charge in [0, 0.05) is 6.08 Å². The molecule has 0 aliphatic rings. The largest absolute Gasteiger partial charge is 0.421 e. The molecule has 128 valence electrons. The lowest BCUT2D eigenvalue weighted by Gasteiger charge is -2.01. The van der Waals surface area contributed by atoms with Gasteiger partial charge in [0.05, 0.1) is 11.4 Å². The van der Waals surface area contributed by atoms with Crippen LogP contribution in [0.25, 0.3) is 22.9 Å². The standard InChI is InChI=1S/C21H14ClFN2O/c22-19-13-18(23)9-7-16(19)8-10-20-24-25-21(26-20)12-14-5-6-15-3-1-2-4-17(15)11-14/h1-11,13H,12H2/b10-8+. The highest BCUT2D eigenvalue weighted by molar-refractivity contribution is 6.32. The van der Waals surface area contributed by atoms with E-state index in [0.717, 1.165) is 5.56 Å². The van der Waals surface area contributed by atoms with Gasteiger partial charge in [-0.2, -0.15) is 0 Å². The van der Waals surface area contributed by atoms with Crippen molar-refractivity contribution in [3.8, 4) is 0 Å². The van der Waals surface area contributed by atoms with Crippen molar-refractivity contribution in [1.82, 2.24) is 10.2 Å². The van der Waals surface area contributed by atoms with Crippen molar-refractivity contribution in [1.29, 1.82) is 0 Å². The molecule has 5 heteroatoms. The second kappa shape index (κ2) is 7.10. The summed E-state index contributed by atoms with van der Waals surface area (Å²) in [6.07, 6.45) is 3.94. The minimum absolute atomic E-state index is 0.331. The molecule has 0 spiro atoms. The molecule has 0 fully saturated rings. The van der Waals surface area contributed by atoms with E-state index in [9.17, 15) is 4.39 Å². The zero-order valence-electron chi connectivity index (χ0n) is 13.7. The van der Waals surface area contributed by atoms with E-state index in [-0.39, 0.29) is 5.82 Å². The van der Waals surface area contributed by atoms with Crippen molar-refractivity contribution in [3.05, 3.63) is 94.4 Å². The number of nitrogens with zero attached hydrogens (tertiary/aromatic N) is 2. The number of rotatable bonds is 4. The first-order valence-corrected chi connectivity index (χ1v) is 8.48. The fraction of sp³-hybridized carbons (Fsp3) is 0.0476. The number of fused-ring (bicyclic) bond motifs is 1. The van der Waals surface area contributed by atoms with E-state index in [0.29, 0.717) is 28.8 Å². The highest BCUT2D eigenvalue weighted by atomic mass is 35.5. The molecule has 0 saturated carbocycles. The van der Waals surface area contributed by atoms with Gasteiger partial charge in [-0.25, -0.2) is 4.39 Å². The lowest BCUT2D eigenvalue weighted by molar-refractivity contribution is 0.496. The fourth-order valence-electron chi connectivity index (χ4n) is 2.73. The molecule has 0 radical (unpaired) electrons. The fourth-order valence-corrected chi connectivity index (χ4v) is 2.96. The molecule has 0 saturated heterocycles. The summed E-state index contributed by atoms with van der Waals surface area (Å²) >= 11 is 6.00. The molecule has 1 heterocycles. The van der Waals surface area contributed by atoms with Gasteiger partial charge in [0.25, 0.3) is 0 Å². The van der Waals surface area contributed by atoms with Gasteiger partial charge in [-0.05, 0) is 40.1 Å². The number of halogens is 2. The van der Waals surface area contributed by atoms with Crippen LogP contribution in [-0.4, -0.2) is 10.2 Å². The third kappa shape index (κ3) is 3.65. The van der Waals surface area contributed by atoms with Crippen LogP contribution in [-0.2, 0) is 6.42 Å². The first-order valence-electron chi connectivity index (χ1n) is 8.10. The predicted molar refractivity (Wildman–Crippen MR) is 101 cm³/mol. The summed E-state index contributed by atoms with van der Waals surface area (Å²) in [5.74, 6) is 0.536. The molecular weight excluding hydrogens is 351 g/mol. The zero-order chi connectivity index (χ0) is 17.9. The summed E-state index contributed by atoms with van der Waals surface area (Å²) in [4.78, 5) is 0. The van der Waals surface area contributed by atoms with Gasteiger partial charge >= 0.3 is 0 Å². The van der Waals surface area contributed by atoms with Crippen LogP contribution in [0.5, 0.6) is 0 Å². The molecule has 0 amide bonds. The van der Waals surface area contributed by atoms with Gasteiger partial charge in [0.1, 0.15) is 5.82 Å². The Labute approximate surface area is 154 Å². The van der Waals surface area contributed by atoms with Crippen LogP contribution in [0, 0.1) is 5.82 Å². The molecule has 0 N–H and O–H groups in total. The van der Waals surface area contributed by atoms with Crippen LogP contribution in [0.2, 0.25) is 5.02 Å². The second-order valence-corrected chi connectivity index (χ2v) is 6.30. The summed E-state index contributed by atoms with van der Waals surface area (Å²) in [5, 5.41) is 10.8. The molecule has 0 atom stereocenters. The molecule has 0 aliphatic carbocycles. The summed E-state index contributed by atoms with van der Waals surface area (Å²) < 4.78 is 18.7. The quantitative estimate of drug-likeness (QED) is 0.461. The van der Waals surface area contributed by atoms with Gasteiger partial charge in [-0.15, -0.1) is 10.2 Å². The maximum absolute atomic E-state index is 13.1. The summed E-state index contributed by atoms with van der Waals surface area (Å²) in [6.45, 7) is 0. The van der Waals surface area contributed by atoms with Gasteiger partial charge in [-0.1, -0.05) is 60.1 Å². The Morgan fingerprint density at radius 3 is 2.62 bits per heavy atom. The van der Waals surface area contributed by atoms with Crippen LogP contribution < -0.4 is 0 Å². The van der Waals surface area contributed by atoms with E-state index in [1.807, 2.05) is 12.1 Å². The zero-order valence-corrected chi connectivity index (χ0v) is 14.4. The van der Waals surface area contributed by atoms with Gasteiger partial charge < -0.3 is 4.42 Å². The van der Waals surface area contributed by atoms with E-state index >= 15 is 0 Å². The molecule has 0 unspecified atom stereocenters. The first-order chi connectivity index (χ1) is 12.7. The molecule has 0 aliphatic heterocycles. The molecule has 3 nitrogen and oxygen atoms in total. The Hall–Kier alpha value is -2.98. The van der Waals surface area contributed by atoms with Crippen LogP contribution in [0.15, 0.2) is 65.1 Å². The Kier molecular flexibility index (Phi) is 4.50. The van der Waals surface area contributed by atoms with Crippen molar-refractivity contribution in [3.63, 3.8) is 0 Å². The van der Waals surface area contributed by atoms with Crippen LogP contribution in [0.4, 0.5) is 4.39 Å². The predicted octanol–water partition coefficient (Wildman–Crippen LogP) is 5.78. The molecule has 4 rings (SSSR count). The van der Waals surface area contributed by atoms with E-state index in [2.05, 4.69) is 40.5 Å². The highest BCUT2D eigenvalue weighted by Gasteiger charge is 2.06. The maximum Gasteiger partial charge on any atom is 0.240 e. The smallest absolute Gasteiger partial charge is 0.240 e. The van der Waals surface area contributed by atoms with Crippen LogP contribution in [0.3, 0.4) is 0 Å². The van der Waals surface area contributed by atoms with Crippen LogP contribution in [0.1, 0.15) is 22.9 Å². The van der Waals surface area contributed by atoms with Gasteiger partial charge in [0.15, 0.2) is 0 Å². The number of hydrogen-bond acceptors (Lipinski definition) is 3. The lowest BCUT2D eigenvalue weighted by Crippen LogP contribution is -1.88. The number of benzene rings is 3. The summed E-state index contributed by atoms with van der Waals surface area (Å²) in [7, 11) is 0. The van der Waals surface area contributed by atoms with Crippen molar-refractivity contribution in [2.45, 2.75) is 6.42 Å². The van der Waals surface area contributed by atoms with Crippen molar-refractivity contribution in [2.24, 2.45) is 0 Å². The van der Waals surface area contributed by atoms with Crippen molar-refractivity contribution >= 4 is 34.5 Å². The molecule has 1 aromatic heterocycles. The third-order valence-corrected chi connectivity index (χ3v) is 4.35. The molecule has 26 heavy (non-hydrogen) atoms. The molecular formula is C21H14ClFN2O. The number of aromatic nitrogens is 2. The number of hydrogen-bond donors (Lipinski definition) is 0. The SMILES string of the molecule is Fc1ccc(/C=C/c2nnc(Cc3ccc4ccccc4c3)o2)c(Cl)c1. The second-order valence-electron chi connectivity index (χ2n) is 5.89. The minimum Gasteiger partial charge on any atom is -0.421 e. The Morgan fingerprint density at radius 2 is 1.77 bits per heavy atom. The Balaban J connectivity index is 1.51. The van der Waals surface area contributed by atoms with Gasteiger partial charge in [0.2, 0.25) is 11.8 Å². The average molecular weight is 365 g/mol. The normalized spacial score (nSPS) is 11.5. The Bertz CT molecular complexity index is 1100. The maximum atomic E-state index is 13.1. The Morgan fingerprint density at radius 1 is 0.923 bits per heavy atom. The summed E-state index contributed by atoms with van der Waals surface area (Å²) in [5.41, 5.74) is 1.78. The van der Waals surface area contributed by atoms with Crippen molar-refractivity contribution in [2.75, 3.05) is 0 Å². The topological polar surface area (TPSA) is 38.9 Å². The van der Waals surface area contributed by atoms with E-state index in [4.69, 9.17) is 16.0 Å². The highest BCUT2D eigenvalue weighted by Crippen LogP contribution is 2.20.